The first-order chi connectivity index (χ1) is 10.2. The van der Waals surface area contributed by atoms with Crippen molar-refractivity contribution < 1.29 is 14.7 Å². The molecule has 0 aliphatic carbocycles. The maximum Gasteiger partial charge on any atom is 0.303 e. The highest BCUT2D eigenvalue weighted by Crippen LogP contribution is 2.07. The molecule has 0 saturated carbocycles. The lowest BCUT2D eigenvalue weighted by Crippen LogP contribution is -1.93. The molecule has 0 heterocycles. The lowest BCUT2D eigenvalue weighted by atomic mass is 10.1. The van der Waals surface area contributed by atoms with Crippen LogP contribution in [0.25, 0.3) is 0 Å². The molecule has 0 aromatic carbocycles. The first-order valence-corrected chi connectivity index (χ1v) is 8.23. The average molecular weight is 294 g/mol. The van der Waals surface area contributed by atoms with Crippen molar-refractivity contribution in [3.63, 3.8) is 0 Å². The topological polar surface area (TPSA) is 54.4 Å². The Labute approximate surface area is 129 Å². The quantitative estimate of drug-likeness (QED) is 0.277. The van der Waals surface area contributed by atoms with Crippen LogP contribution in [0.1, 0.15) is 77.6 Å². The molecule has 0 radical (unpaired) electrons. The van der Waals surface area contributed by atoms with Crippen molar-refractivity contribution >= 4 is 11.8 Å². The minimum atomic E-state index is -0.695. The summed E-state index contributed by atoms with van der Waals surface area (Å²) in [5, 5.41) is 8.50. The van der Waals surface area contributed by atoms with E-state index in [1.54, 1.807) is 6.08 Å². The van der Waals surface area contributed by atoms with Gasteiger partial charge in [-0.25, -0.2) is 0 Å². The zero-order chi connectivity index (χ0) is 15.8. The van der Waals surface area contributed by atoms with Crippen molar-refractivity contribution in [2.24, 2.45) is 0 Å². The zero-order valence-electron chi connectivity index (χ0n) is 13.4. The van der Waals surface area contributed by atoms with Crippen molar-refractivity contribution in [1.82, 2.24) is 0 Å². The number of carboxylic acids is 1. The molecule has 0 aliphatic rings. The second kappa shape index (κ2) is 15.0. The maximum absolute atomic E-state index is 11.4. The molecule has 0 aromatic heterocycles. The van der Waals surface area contributed by atoms with E-state index in [0.717, 1.165) is 57.8 Å². The van der Waals surface area contributed by atoms with Gasteiger partial charge in [0, 0.05) is 12.8 Å². The molecule has 0 aromatic rings. The van der Waals surface area contributed by atoms with Crippen LogP contribution in [0.2, 0.25) is 0 Å². The Morgan fingerprint density at radius 1 is 0.857 bits per heavy atom. The molecular weight excluding hydrogens is 264 g/mol. The highest BCUT2D eigenvalue weighted by molar-refractivity contribution is 5.89. The molecular formula is C18H30O3. The van der Waals surface area contributed by atoms with Gasteiger partial charge in [-0.3, -0.25) is 9.59 Å². The van der Waals surface area contributed by atoms with Crippen LogP contribution in [0.5, 0.6) is 0 Å². The van der Waals surface area contributed by atoms with E-state index in [9.17, 15) is 9.59 Å². The second-order valence-corrected chi connectivity index (χ2v) is 5.38. The Morgan fingerprint density at radius 2 is 1.57 bits per heavy atom. The number of carboxylic acid groups (broad SMARTS) is 1. The Hall–Kier alpha value is -1.38. The van der Waals surface area contributed by atoms with Crippen LogP contribution in [0.15, 0.2) is 24.3 Å². The minimum Gasteiger partial charge on any atom is -0.481 e. The lowest BCUT2D eigenvalue weighted by Gasteiger charge is -1.98. The van der Waals surface area contributed by atoms with E-state index in [1.807, 2.05) is 6.08 Å². The number of allylic oxidation sites excluding steroid dienone is 4. The van der Waals surface area contributed by atoms with E-state index in [0.29, 0.717) is 12.8 Å². The lowest BCUT2D eigenvalue weighted by molar-refractivity contribution is -0.137. The Morgan fingerprint density at radius 3 is 2.29 bits per heavy atom. The van der Waals surface area contributed by atoms with Gasteiger partial charge < -0.3 is 5.11 Å². The van der Waals surface area contributed by atoms with Crippen molar-refractivity contribution in [2.45, 2.75) is 77.6 Å². The van der Waals surface area contributed by atoms with Crippen LogP contribution in [-0.2, 0) is 9.59 Å². The van der Waals surface area contributed by atoms with Gasteiger partial charge >= 0.3 is 5.97 Å². The first-order valence-electron chi connectivity index (χ1n) is 8.23. The van der Waals surface area contributed by atoms with Gasteiger partial charge in [0.25, 0.3) is 0 Å². The van der Waals surface area contributed by atoms with E-state index in [4.69, 9.17) is 5.11 Å². The van der Waals surface area contributed by atoms with E-state index in [2.05, 4.69) is 19.1 Å². The smallest absolute Gasteiger partial charge is 0.303 e. The normalized spacial score (nSPS) is 11.5. The van der Waals surface area contributed by atoms with Crippen molar-refractivity contribution in [2.75, 3.05) is 0 Å². The molecule has 0 fully saturated rings. The number of unbranched alkanes of at least 4 members (excludes halogenated alkanes) is 6. The summed E-state index contributed by atoms with van der Waals surface area (Å²) in [5.74, 6) is -0.467. The number of aliphatic carboxylic acids is 1. The van der Waals surface area contributed by atoms with Crippen molar-refractivity contribution in [3.8, 4) is 0 Å². The van der Waals surface area contributed by atoms with Crippen molar-refractivity contribution in [1.29, 1.82) is 0 Å². The molecule has 0 amide bonds. The Balaban J connectivity index is 3.34. The molecule has 0 saturated heterocycles. The van der Waals surface area contributed by atoms with Crippen molar-refractivity contribution in [3.05, 3.63) is 24.3 Å². The largest absolute Gasteiger partial charge is 0.481 e. The second-order valence-electron chi connectivity index (χ2n) is 5.38. The van der Waals surface area contributed by atoms with E-state index < -0.39 is 5.97 Å². The number of carbonyl (C=O) groups is 2. The highest BCUT2D eigenvalue weighted by atomic mass is 16.4. The van der Waals surface area contributed by atoms with Crippen LogP contribution in [0.4, 0.5) is 0 Å². The molecule has 3 nitrogen and oxygen atoms in total. The summed E-state index contributed by atoms with van der Waals surface area (Å²) < 4.78 is 0. The van der Waals surface area contributed by atoms with Gasteiger partial charge in [0.05, 0.1) is 0 Å². The molecule has 1 N–H and O–H groups in total. The third kappa shape index (κ3) is 16.6. The van der Waals surface area contributed by atoms with E-state index in [-0.39, 0.29) is 5.78 Å². The number of hydrogen-bond donors (Lipinski definition) is 1. The fourth-order valence-electron chi connectivity index (χ4n) is 2.00. The van der Waals surface area contributed by atoms with Crippen LogP contribution >= 0.6 is 0 Å². The molecule has 120 valence electrons. The predicted molar refractivity (Wildman–Crippen MR) is 87.4 cm³/mol. The molecule has 21 heavy (non-hydrogen) atoms. The molecule has 0 spiro atoms. The summed E-state index contributed by atoms with van der Waals surface area (Å²) in [6, 6.07) is 0. The maximum atomic E-state index is 11.4. The number of ketones is 1. The number of rotatable bonds is 14. The fourth-order valence-corrected chi connectivity index (χ4v) is 2.00. The average Bonchev–Trinajstić information content (AvgIpc) is 2.45. The third-order valence-electron chi connectivity index (χ3n) is 3.28. The zero-order valence-corrected chi connectivity index (χ0v) is 13.4. The predicted octanol–water partition coefficient (Wildman–Crippen LogP) is 5.06. The summed E-state index contributed by atoms with van der Waals surface area (Å²) in [7, 11) is 0. The Kier molecular flexibility index (Phi) is 14.0. The van der Waals surface area contributed by atoms with Crippen LogP contribution < -0.4 is 0 Å². The van der Waals surface area contributed by atoms with Gasteiger partial charge in [0.2, 0.25) is 0 Å². The van der Waals surface area contributed by atoms with E-state index in [1.165, 1.54) is 0 Å². The molecule has 3 heteroatoms. The van der Waals surface area contributed by atoms with E-state index >= 15 is 0 Å². The molecule has 0 bridgehead atoms. The van der Waals surface area contributed by atoms with Crippen LogP contribution in [0, 0.1) is 0 Å². The SMILES string of the molecule is CCCCC(=O)C=CCC=CCCCCCCCC(=O)O. The number of carbonyl (C=O) groups excluding carboxylic acids is 1. The van der Waals surface area contributed by atoms with Gasteiger partial charge in [-0.2, -0.15) is 0 Å². The third-order valence-corrected chi connectivity index (χ3v) is 3.28. The fraction of sp³-hybridized carbons (Fsp3) is 0.667. The molecule has 0 atom stereocenters. The number of hydrogen-bond acceptors (Lipinski definition) is 2. The Bertz CT molecular complexity index is 329. The summed E-state index contributed by atoms with van der Waals surface area (Å²) in [5.41, 5.74) is 0. The van der Waals surface area contributed by atoms with Gasteiger partial charge in [0.1, 0.15) is 0 Å². The molecule has 0 unspecified atom stereocenters. The van der Waals surface area contributed by atoms with Gasteiger partial charge in [0.15, 0.2) is 5.78 Å². The summed E-state index contributed by atoms with van der Waals surface area (Å²) in [4.78, 5) is 21.7. The summed E-state index contributed by atoms with van der Waals surface area (Å²) in [6.07, 6.45) is 18.0. The molecule has 0 rings (SSSR count). The minimum absolute atomic E-state index is 0.228. The monoisotopic (exact) mass is 294 g/mol. The van der Waals surface area contributed by atoms with Crippen LogP contribution in [-0.4, -0.2) is 16.9 Å². The van der Waals surface area contributed by atoms with Crippen LogP contribution in [0.3, 0.4) is 0 Å². The molecule has 0 aliphatic heterocycles. The first kappa shape index (κ1) is 19.6. The standard InChI is InChI=1S/C18H30O3/c1-2-3-14-17(19)15-12-10-8-6-4-5-7-9-11-13-16-18(20)21/h6,8,12,15H,2-5,7,9-11,13-14,16H2,1H3,(H,20,21). The van der Waals surface area contributed by atoms with Gasteiger partial charge in [-0.1, -0.05) is 50.8 Å². The summed E-state index contributed by atoms with van der Waals surface area (Å²) >= 11 is 0. The van der Waals surface area contributed by atoms with Gasteiger partial charge in [-0.05, 0) is 38.2 Å². The van der Waals surface area contributed by atoms with Gasteiger partial charge in [-0.15, -0.1) is 0 Å². The highest BCUT2D eigenvalue weighted by Gasteiger charge is 1.96. The summed E-state index contributed by atoms with van der Waals surface area (Å²) in [6.45, 7) is 2.09.